The Hall–Kier alpha value is -1.21. The van der Waals surface area contributed by atoms with Gasteiger partial charge in [0.2, 0.25) is 0 Å². The molecule has 0 bridgehead atoms. The van der Waals surface area contributed by atoms with Gasteiger partial charge in [0.1, 0.15) is 73.2 Å². The third-order valence-electron chi connectivity index (χ3n) is 6.97. The molecule has 3 aliphatic heterocycles. The Morgan fingerprint density at radius 3 is 1.50 bits per heavy atom. The number of hydrogen-bond acceptors (Lipinski definition) is 18. The van der Waals surface area contributed by atoms with Crippen molar-refractivity contribution in [2.24, 2.45) is 0 Å². The first-order valence-corrected chi connectivity index (χ1v) is 13.2. The number of aliphatic hydroxyl groups excluding tert-OH is 12. The van der Waals surface area contributed by atoms with Crippen LogP contribution in [0.1, 0.15) is 19.8 Å². The summed E-state index contributed by atoms with van der Waals surface area (Å²) in [4.78, 5) is 9.81. The molecule has 0 aromatic rings. The number of carbonyl (C=O) groups is 1. The Morgan fingerprint density at radius 2 is 1.07 bits per heavy atom. The van der Waals surface area contributed by atoms with Crippen molar-refractivity contribution < 1.29 is 94.9 Å². The molecule has 0 spiro atoms. The van der Waals surface area contributed by atoms with Crippen molar-refractivity contribution in [3.8, 4) is 0 Å². The van der Waals surface area contributed by atoms with E-state index in [1.165, 1.54) is 0 Å². The van der Waals surface area contributed by atoms with Crippen molar-refractivity contribution in [2.75, 3.05) is 19.8 Å². The number of rotatable bonds is 10. The largest absolute Gasteiger partial charge is 0.481 e. The molecule has 0 aromatic carbocycles. The number of aliphatic hydroxyl groups is 12. The van der Waals surface area contributed by atoms with E-state index in [0.29, 0.717) is 6.42 Å². The number of aliphatic carboxylic acids is 1. The number of ether oxygens (including phenoxy) is 5. The highest BCUT2D eigenvalue weighted by atomic mass is 16.8. The summed E-state index contributed by atoms with van der Waals surface area (Å²) in [5, 5.41) is 126. The minimum atomic E-state index is -1.91. The molecule has 19 heteroatoms. The topological polar surface area (TPSA) is 326 Å². The van der Waals surface area contributed by atoms with E-state index >= 15 is 0 Å². The van der Waals surface area contributed by atoms with E-state index in [9.17, 15) is 61.0 Å². The van der Waals surface area contributed by atoms with Gasteiger partial charge in [0.15, 0.2) is 18.9 Å². The second-order valence-corrected chi connectivity index (χ2v) is 9.99. The van der Waals surface area contributed by atoms with Gasteiger partial charge in [0.25, 0.3) is 0 Å². The van der Waals surface area contributed by atoms with E-state index in [1.807, 2.05) is 0 Å². The Bertz CT molecular complexity index is 800. The van der Waals surface area contributed by atoms with E-state index in [4.69, 9.17) is 33.9 Å². The zero-order valence-corrected chi connectivity index (χ0v) is 22.5. The summed E-state index contributed by atoms with van der Waals surface area (Å²) in [7, 11) is 0. The second kappa shape index (κ2) is 16.7. The highest BCUT2D eigenvalue weighted by Crippen LogP contribution is 2.32. The van der Waals surface area contributed by atoms with Gasteiger partial charge >= 0.3 is 5.97 Å². The lowest BCUT2D eigenvalue weighted by atomic mass is 9.96. The van der Waals surface area contributed by atoms with Crippen molar-refractivity contribution >= 4 is 5.97 Å². The maximum Gasteiger partial charge on any atom is 0.305 e. The van der Waals surface area contributed by atoms with Gasteiger partial charge in [-0.15, -0.1) is 0 Å². The van der Waals surface area contributed by atoms with Crippen LogP contribution in [0.25, 0.3) is 0 Å². The predicted molar refractivity (Wildman–Crippen MR) is 130 cm³/mol. The summed E-state index contributed by atoms with van der Waals surface area (Å²) >= 11 is 0. The maximum atomic E-state index is 10.6. The molecule has 3 aliphatic rings. The average Bonchev–Trinajstić information content (AvgIpc) is 2.96. The quantitative estimate of drug-likeness (QED) is 0.108. The summed E-state index contributed by atoms with van der Waals surface area (Å²) in [6.07, 6.45) is -25.5. The number of carboxylic acids is 1. The normalized spacial score (nSPS) is 45.0. The molecule has 0 radical (unpaired) electrons. The maximum absolute atomic E-state index is 10.6. The van der Waals surface area contributed by atoms with Crippen molar-refractivity contribution in [1.82, 2.24) is 0 Å². The van der Waals surface area contributed by atoms with E-state index in [-0.39, 0.29) is 6.42 Å². The molecule has 0 amide bonds. The highest BCUT2D eigenvalue weighted by molar-refractivity contribution is 5.67. The third kappa shape index (κ3) is 8.92. The lowest BCUT2D eigenvalue weighted by Crippen LogP contribution is -2.66. The molecular weight excluding hydrogens is 580 g/mol. The molecule has 3 saturated heterocycles. The zero-order chi connectivity index (χ0) is 31.9. The summed E-state index contributed by atoms with van der Waals surface area (Å²) in [6, 6.07) is 0. The molecule has 3 fully saturated rings. The second-order valence-electron chi connectivity index (χ2n) is 9.99. The monoisotopic (exact) mass is 622 g/mol. The van der Waals surface area contributed by atoms with Crippen LogP contribution in [0.15, 0.2) is 0 Å². The number of carboxylic acid groups (broad SMARTS) is 1. The Morgan fingerprint density at radius 1 is 0.643 bits per heavy atom. The van der Waals surface area contributed by atoms with E-state index in [1.54, 1.807) is 6.92 Å². The molecule has 42 heavy (non-hydrogen) atoms. The van der Waals surface area contributed by atoms with Crippen molar-refractivity contribution in [1.29, 1.82) is 0 Å². The zero-order valence-electron chi connectivity index (χ0n) is 22.5. The fraction of sp³-hybridized carbons (Fsp3) is 0.957. The van der Waals surface area contributed by atoms with Gasteiger partial charge in [-0.3, -0.25) is 4.79 Å². The fourth-order valence-electron chi connectivity index (χ4n) is 4.40. The SMILES string of the molecule is CCC(O)CC(=O)O.OC[C@H]1O[C@@H](O[C@H]2[C@H](O)[C@@H](O)[C@H](O[C@H]3[C@H](O)[C@@H](O)C(O)O[C@@H]3CO)O[C@@H]2CO)[C@H](O)[C@@H](O)[C@@H]1O. The van der Waals surface area contributed by atoms with Crippen LogP contribution in [0.3, 0.4) is 0 Å². The lowest BCUT2D eigenvalue weighted by molar-refractivity contribution is -0.377. The summed E-state index contributed by atoms with van der Waals surface area (Å²) in [5.41, 5.74) is 0. The van der Waals surface area contributed by atoms with Crippen LogP contribution >= 0.6 is 0 Å². The van der Waals surface area contributed by atoms with Crippen LogP contribution < -0.4 is 0 Å². The van der Waals surface area contributed by atoms with Crippen LogP contribution in [0, 0.1) is 0 Å². The third-order valence-corrected chi connectivity index (χ3v) is 6.97. The van der Waals surface area contributed by atoms with E-state index in [2.05, 4.69) is 0 Å². The number of hydrogen-bond donors (Lipinski definition) is 13. The fourth-order valence-corrected chi connectivity index (χ4v) is 4.40. The van der Waals surface area contributed by atoms with Crippen LogP contribution in [0.5, 0.6) is 0 Å². The van der Waals surface area contributed by atoms with Crippen LogP contribution in [-0.2, 0) is 28.5 Å². The van der Waals surface area contributed by atoms with Crippen LogP contribution in [0.4, 0.5) is 0 Å². The standard InChI is InChI=1S/C18H32O16.C5H10O3/c19-1-4-7(22)8(23)12(27)17(31-4)34-15-6(3-21)32-18(13(28)10(15)25)33-14-5(2-20)30-16(29)11(26)9(14)24;1-2-4(6)3-5(7)8/h4-29H,1-3H2;4,6H,2-3H2,1H3,(H,7,8)/t4-,5-,6-,7-,8+,9-,10-,11-,12-,13-,14-,15-,16?,17+,18+;/m1./s1. The molecule has 2 unspecified atom stereocenters. The van der Waals surface area contributed by atoms with Gasteiger partial charge in [-0.2, -0.15) is 0 Å². The van der Waals surface area contributed by atoms with Gasteiger partial charge in [-0.1, -0.05) is 6.92 Å². The van der Waals surface area contributed by atoms with Crippen molar-refractivity contribution in [2.45, 2.75) is 118 Å². The first-order chi connectivity index (χ1) is 19.7. The van der Waals surface area contributed by atoms with E-state index in [0.717, 1.165) is 0 Å². The Labute approximate surface area is 239 Å². The molecule has 3 rings (SSSR count). The van der Waals surface area contributed by atoms with Gasteiger partial charge in [-0.25, -0.2) is 0 Å². The van der Waals surface area contributed by atoms with Crippen molar-refractivity contribution in [3.05, 3.63) is 0 Å². The first kappa shape index (κ1) is 37.0. The van der Waals surface area contributed by atoms with Gasteiger partial charge in [-0.05, 0) is 6.42 Å². The molecule has 0 aromatic heterocycles. The molecule has 0 saturated carbocycles. The van der Waals surface area contributed by atoms with E-state index < -0.39 is 124 Å². The molecular formula is C23H42O19. The van der Waals surface area contributed by atoms with Crippen LogP contribution in [-0.4, -0.2) is 190 Å². The lowest BCUT2D eigenvalue weighted by Gasteiger charge is -2.47. The minimum absolute atomic E-state index is 0.142. The summed E-state index contributed by atoms with van der Waals surface area (Å²) in [5.74, 6) is -0.945. The molecule has 0 aliphatic carbocycles. The van der Waals surface area contributed by atoms with Gasteiger partial charge in [0, 0.05) is 0 Å². The van der Waals surface area contributed by atoms with Gasteiger partial charge < -0.3 is 90.1 Å². The molecule has 3 heterocycles. The Balaban J connectivity index is 0.000000675. The molecule has 16 atom stereocenters. The van der Waals surface area contributed by atoms with Crippen LogP contribution in [0.2, 0.25) is 0 Å². The van der Waals surface area contributed by atoms with Gasteiger partial charge in [0.05, 0.1) is 32.3 Å². The smallest absolute Gasteiger partial charge is 0.305 e. The summed E-state index contributed by atoms with van der Waals surface area (Å²) < 4.78 is 26.4. The molecule has 248 valence electrons. The predicted octanol–water partition coefficient (Wildman–Crippen LogP) is -7.34. The Kier molecular flexibility index (Phi) is 14.7. The average molecular weight is 623 g/mol. The highest BCUT2D eigenvalue weighted by Gasteiger charge is 2.53. The molecule has 19 nitrogen and oxygen atoms in total. The minimum Gasteiger partial charge on any atom is -0.481 e. The molecule has 13 N–H and O–H groups in total. The summed E-state index contributed by atoms with van der Waals surface area (Å²) in [6.45, 7) is -0.578. The first-order valence-electron chi connectivity index (χ1n) is 13.2. The van der Waals surface area contributed by atoms with Crippen molar-refractivity contribution in [3.63, 3.8) is 0 Å².